The Morgan fingerprint density at radius 3 is 2.40 bits per heavy atom. The first-order chi connectivity index (χ1) is 9.72. The number of aromatic nitrogens is 3. The van der Waals surface area contributed by atoms with Gasteiger partial charge in [-0.3, -0.25) is 4.98 Å². The zero-order valence-corrected chi connectivity index (χ0v) is 11.1. The van der Waals surface area contributed by atoms with Crippen molar-refractivity contribution in [3.05, 3.63) is 60.3 Å². The van der Waals surface area contributed by atoms with Crippen LogP contribution in [0.3, 0.4) is 0 Å². The van der Waals surface area contributed by atoms with E-state index in [0.29, 0.717) is 11.6 Å². The number of nitrogen functional groups attached to an aromatic ring is 1. The maximum absolute atomic E-state index is 5.89. The summed E-state index contributed by atoms with van der Waals surface area (Å²) in [5, 5.41) is 0. The van der Waals surface area contributed by atoms with E-state index in [9.17, 15) is 0 Å². The lowest BCUT2D eigenvalue weighted by Gasteiger charge is -2.06. The molecule has 4 heteroatoms. The number of nitrogens with two attached hydrogens (primary N) is 1. The Kier molecular flexibility index (Phi) is 3.13. The largest absolute Gasteiger partial charge is 0.384 e. The first kappa shape index (κ1) is 12.3. The second-order valence-electron chi connectivity index (χ2n) is 4.59. The third-order valence-electron chi connectivity index (χ3n) is 2.96. The van der Waals surface area contributed by atoms with Crippen molar-refractivity contribution >= 4 is 5.82 Å². The van der Waals surface area contributed by atoms with Crippen molar-refractivity contribution in [3.63, 3.8) is 0 Å². The van der Waals surface area contributed by atoms with E-state index < -0.39 is 0 Å². The molecule has 0 aliphatic carbocycles. The van der Waals surface area contributed by atoms with Crippen LogP contribution in [0.4, 0.5) is 5.82 Å². The van der Waals surface area contributed by atoms with Gasteiger partial charge in [0, 0.05) is 17.8 Å². The Hall–Kier alpha value is -2.75. The van der Waals surface area contributed by atoms with E-state index in [1.54, 1.807) is 12.3 Å². The van der Waals surface area contributed by atoms with E-state index in [2.05, 4.69) is 15.0 Å². The number of anilines is 1. The summed E-state index contributed by atoms with van der Waals surface area (Å²) in [5.74, 6) is 0.986. The minimum atomic E-state index is 0.441. The first-order valence-corrected chi connectivity index (χ1v) is 6.35. The van der Waals surface area contributed by atoms with Gasteiger partial charge >= 0.3 is 0 Å². The summed E-state index contributed by atoms with van der Waals surface area (Å²) in [6, 6.07) is 15.6. The van der Waals surface area contributed by atoms with Gasteiger partial charge in [-0.05, 0) is 18.6 Å². The van der Waals surface area contributed by atoms with Crippen LogP contribution in [-0.2, 0) is 0 Å². The number of hydrogen-bond donors (Lipinski definition) is 1. The average molecular weight is 262 g/mol. The number of rotatable bonds is 2. The lowest BCUT2D eigenvalue weighted by Crippen LogP contribution is -1.99. The summed E-state index contributed by atoms with van der Waals surface area (Å²) in [7, 11) is 0. The second-order valence-corrected chi connectivity index (χ2v) is 4.59. The molecule has 4 nitrogen and oxygen atoms in total. The average Bonchev–Trinajstić information content (AvgIpc) is 2.48. The molecule has 1 aromatic carbocycles. The Labute approximate surface area is 117 Å². The molecular weight excluding hydrogens is 248 g/mol. The molecular formula is C16H14N4. The lowest BCUT2D eigenvalue weighted by atomic mass is 10.1. The highest BCUT2D eigenvalue weighted by Crippen LogP contribution is 2.22. The Morgan fingerprint density at radius 1 is 0.900 bits per heavy atom. The van der Waals surface area contributed by atoms with E-state index in [-0.39, 0.29) is 0 Å². The van der Waals surface area contributed by atoms with Crippen LogP contribution in [0.15, 0.2) is 54.7 Å². The van der Waals surface area contributed by atoms with Crippen molar-refractivity contribution in [3.8, 4) is 22.8 Å². The predicted molar refractivity (Wildman–Crippen MR) is 79.8 cm³/mol. The quantitative estimate of drug-likeness (QED) is 0.770. The van der Waals surface area contributed by atoms with Crippen LogP contribution >= 0.6 is 0 Å². The van der Waals surface area contributed by atoms with Crippen molar-refractivity contribution in [2.24, 2.45) is 0 Å². The number of aryl methyl sites for hydroxylation is 1. The number of hydrogen-bond acceptors (Lipinski definition) is 4. The molecule has 20 heavy (non-hydrogen) atoms. The van der Waals surface area contributed by atoms with Gasteiger partial charge in [-0.15, -0.1) is 0 Å². The predicted octanol–water partition coefficient (Wildman–Crippen LogP) is 3.10. The van der Waals surface area contributed by atoms with Gasteiger partial charge in [0.2, 0.25) is 0 Å². The summed E-state index contributed by atoms with van der Waals surface area (Å²) >= 11 is 0. The molecule has 2 aromatic heterocycles. The van der Waals surface area contributed by atoms with Crippen LogP contribution in [0.25, 0.3) is 22.8 Å². The standard InChI is InChI=1S/C16H14N4/c1-11-7-8-13(18-10-11)16-19-14(9-15(17)20-16)12-5-3-2-4-6-12/h2-10H,1H3,(H2,17,19,20). The van der Waals surface area contributed by atoms with Crippen molar-refractivity contribution in [1.29, 1.82) is 0 Å². The van der Waals surface area contributed by atoms with Crippen LogP contribution in [0.5, 0.6) is 0 Å². The summed E-state index contributed by atoms with van der Waals surface area (Å²) in [6.45, 7) is 1.99. The summed E-state index contributed by atoms with van der Waals surface area (Å²) in [5.41, 5.74) is 9.52. The van der Waals surface area contributed by atoms with Gasteiger partial charge in [0.1, 0.15) is 11.5 Å². The SMILES string of the molecule is Cc1ccc(-c2nc(N)cc(-c3ccccc3)n2)nc1. The van der Waals surface area contributed by atoms with Gasteiger partial charge < -0.3 is 5.73 Å². The van der Waals surface area contributed by atoms with E-state index in [0.717, 1.165) is 22.5 Å². The molecule has 0 atom stereocenters. The molecule has 2 heterocycles. The number of nitrogens with zero attached hydrogens (tertiary/aromatic N) is 3. The van der Waals surface area contributed by atoms with Crippen LogP contribution in [-0.4, -0.2) is 15.0 Å². The fourth-order valence-corrected chi connectivity index (χ4v) is 1.94. The summed E-state index contributed by atoms with van der Waals surface area (Å²) in [4.78, 5) is 13.2. The lowest BCUT2D eigenvalue weighted by molar-refractivity contribution is 1.14. The molecule has 3 aromatic rings. The second kappa shape index (κ2) is 5.09. The Bertz CT molecular complexity index is 721. The molecule has 0 bridgehead atoms. The van der Waals surface area contributed by atoms with Crippen molar-refractivity contribution in [1.82, 2.24) is 15.0 Å². The van der Waals surface area contributed by atoms with E-state index in [1.165, 1.54) is 0 Å². The fourth-order valence-electron chi connectivity index (χ4n) is 1.94. The molecule has 0 saturated carbocycles. The van der Waals surface area contributed by atoms with Crippen LogP contribution in [0, 0.1) is 6.92 Å². The topological polar surface area (TPSA) is 64.7 Å². The molecule has 0 amide bonds. The smallest absolute Gasteiger partial charge is 0.180 e. The fraction of sp³-hybridized carbons (Fsp3) is 0.0625. The molecule has 2 N–H and O–H groups in total. The first-order valence-electron chi connectivity index (χ1n) is 6.35. The minimum absolute atomic E-state index is 0.441. The van der Waals surface area contributed by atoms with Crippen LogP contribution in [0.2, 0.25) is 0 Å². The highest BCUT2D eigenvalue weighted by molar-refractivity contribution is 5.65. The highest BCUT2D eigenvalue weighted by atomic mass is 15.0. The van der Waals surface area contributed by atoms with E-state index >= 15 is 0 Å². The molecule has 0 radical (unpaired) electrons. The molecule has 0 aliphatic rings. The zero-order chi connectivity index (χ0) is 13.9. The van der Waals surface area contributed by atoms with Gasteiger partial charge in [-0.1, -0.05) is 36.4 Å². The summed E-state index contributed by atoms with van der Waals surface area (Å²) in [6.07, 6.45) is 1.80. The number of benzene rings is 1. The van der Waals surface area contributed by atoms with Crippen molar-refractivity contribution < 1.29 is 0 Å². The molecule has 3 rings (SSSR count). The third kappa shape index (κ3) is 2.49. The molecule has 0 aliphatic heterocycles. The van der Waals surface area contributed by atoms with Gasteiger partial charge in [0.25, 0.3) is 0 Å². The molecule has 0 spiro atoms. The van der Waals surface area contributed by atoms with Gasteiger partial charge in [0.05, 0.1) is 5.69 Å². The van der Waals surface area contributed by atoms with E-state index in [4.69, 9.17) is 5.73 Å². The molecule has 0 unspecified atom stereocenters. The minimum Gasteiger partial charge on any atom is -0.384 e. The van der Waals surface area contributed by atoms with Gasteiger partial charge in [-0.25, -0.2) is 9.97 Å². The monoisotopic (exact) mass is 262 g/mol. The maximum atomic E-state index is 5.89. The Morgan fingerprint density at radius 2 is 1.70 bits per heavy atom. The highest BCUT2D eigenvalue weighted by Gasteiger charge is 2.07. The van der Waals surface area contributed by atoms with Gasteiger partial charge in [-0.2, -0.15) is 0 Å². The van der Waals surface area contributed by atoms with Crippen LogP contribution < -0.4 is 5.73 Å². The molecule has 0 saturated heterocycles. The molecule has 0 fully saturated rings. The van der Waals surface area contributed by atoms with Crippen LogP contribution in [0.1, 0.15) is 5.56 Å². The molecule has 98 valence electrons. The maximum Gasteiger partial charge on any atom is 0.180 e. The van der Waals surface area contributed by atoms with Crippen molar-refractivity contribution in [2.75, 3.05) is 5.73 Å². The third-order valence-corrected chi connectivity index (χ3v) is 2.96. The normalized spacial score (nSPS) is 10.4. The van der Waals surface area contributed by atoms with E-state index in [1.807, 2.05) is 49.4 Å². The Balaban J connectivity index is 2.09. The number of pyridine rings is 1. The van der Waals surface area contributed by atoms with Crippen molar-refractivity contribution in [2.45, 2.75) is 6.92 Å². The van der Waals surface area contributed by atoms with Gasteiger partial charge in [0.15, 0.2) is 5.82 Å². The summed E-state index contributed by atoms with van der Waals surface area (Å²) < 4.78 is 0. The zero-order valence-electron chi connectivity index (χ0n) is 11.1.